The van der Waals surface area contributed by atoms with Crippen molar-refractivity contribution in [1.82, 2.24) is 0 Å². The summed E-state index contributed by atoms with van der Waals surface area (Å²) in [5.74, 6) is -1.11. The number of carbonyl (C=O) groups is 1. The number of carbonyl (C=O) groups excluding carboxylic acids is 1. The summed E-state index contributed by atoms with van der Waals surface area (Å²) in [6.07, 6.45) is 0. The van der Waals surface area contributed by atoms with E-state index in [1.807, 2.05) is 0 Å². The van der Waals surface area contributed by atoms with Crippen molar-refractivity contribution in [3.8, 4) is 0 Å². The van der Waals surface area contributed by atoms with Gasteiger partial charge in [0.1, 0.15) is 4.90 Å². The van der Waals surface area contributed by atoms with E-state index in [-0.39, 0.29) is 12.1 Å². The van der Waals surface area contributed by atoms with E-state index in [1.54, 1.807) is 0 Å². The summed E-state index contributed by atoms with van der Waals surface area (Å²) in [7, 11) is -8.79. The molecule has 0 saturated heterocycles. The van der Waals surface area contributed by atoms with Gasteiger partial charge in [0.25, 0.3) is 0 Å². The van der Waals surface area contributed by atoms with Gasteiger partial charge in [-0.05, 0) is 18.2 Å². The first-order valence-electron chi connectivity index (χ1n) is 3.86. The molecule has 0 aliphatic carbocycles. The van der Waals surface area contributed by atoms with Gasteiger partial charge in [0, 0.05) is 0 Å². The lowest BCUT2D eigenvalue weighted by Crippen LogP contribution is -2.08. The Hall–Kier alpha value is -1.31. The second-order valence-corrected chi connectivity index (χ2v) is 5.40. The summed E-state index contributed by atoms with van der Waals surface area (Å²) in [4.78, 5) is 8.77. The second kappa shape index (κ2) is 2.88. The third kappa shape index (κ3) is 2.84. The van der Waals surface area contributed by atoms with Gasteiger partial charge in [-0.15, -0.1) is 0 Å². The van der Waals surface area contributed by atoms with Gasteiger partial charge < -0.3 is 4.74 Å². The fourth-order valence-electron chi connectivity index (χ4n) is 0.981. The lowest BCUT2D eigenvalue weighted by atomic mass is 10.2. The zero-order chi connectivity index (χ0) is 12.7. The molecule has 0 N–H and O–H groups in total. The molecule has 0 bridgehead atoms. The van der Waals surface area contributed by atoms with Crippen LogP contribution in [0.4, 0.5) is 19.4 Å². The smallest absolute Gasteiger partial charge is 0.337 e. The van der Waals surface area contributed by atoms with Crippen LogP contribution in [0.25, 0.3) is 0 Å². The van der Waals surface area contributed by atoms with Gasteiger partial charge >= 0.3 is 16.2 Å². The Labute approximate surface area is 87.7 Å². The zero-order valence-electron chi connectivity index (χ0n) is 7.92. The Morgan fingerprint density at radius 3 is 2.19 bits per heavy atom. The molecule has 0 aliphatic rings. The molecular formula is C8H7F5O2S. The van der Waals surface area contributed by atoms with Crippen LogP contribution in [0.15, 0.2) is 29.2 Å². The Kier molecular flexibility index (Phi) is 2.29. The van der Waals surface area contributed by atoms with E-state index >= 15 is 0 Å². The molecule has 92 valence electrons. The standard InChI is InChI=1S/C8H7F5O2S/c1-15-8(14)6-3-2-4-7(5-6)16(9,10,11,12)13/h2-5H,1H3. The molecule has 0 atom stereocenters. The number of esters is 1. The molecule has 8 heteroatoms. The Balaban J connectivity index is 3.36. The molecule has 0 fully saturated rings. The molecule has 0 heterocycles. The maximum absolute atomic E-state index is 12.3. The number of ether oxygens (including phenoxy) is 1. The quantitative estimate of drug-likeness (QED) is 0.591. The first-order valence-corrected chi connectivity index (χ1v) is 5.81. The summed E-state index contributed by atoms with van der Waals surface area (Å²) in [6, 6.07) is 1.97. The summed E-state index contributed by atoms with van der Waals surface area (Å²) >= 11 is 0. The maximum Gasteiger partial charge on any atom is 0.337 e. The van der Waals surface area contributed by atoms with Gasteiger partial charge in [-0.25, -0.2) is 4.79 Å². The topological polar surface area (TPSA) is 26.3 Å². The Bertz CT molecular complexity index is 438. The molecule has 16 heavy (non-hydrogen) atoms. The van der Waals surface area contributed by atoms with E-state index in [4.69, 9.17) is 0 Å². The average Bonchev–Trinajstić information content (AvgIpc) is 2.13. The molecule has 1 aromatic carbocycles. The van der Waals surface area contributed by atoms with Gasteiger partial charge in [0.15, 0.2) is 0 Å². The number of hydrogen-bond donors (Lipinski definition) is 0. The monoisotopic (exact) mass is 262 g/mol. The molecule has 0 amide bonds. The Morgan fingerprint density at radius 1 is 1.19 bits per heavy atom. The zero-order valence-corrected chi connectivity index (χ0v) is 8.74. The van der Waals surface area contributed by atoms with Gasteiger partial charge in [0.05, 0.1) is 12.7 Å². The molecular weight excluding hydrogens is 255 g/mol. The number of methoxy groups -OCH3 is 1. The van der Waals surface area contributed by atoms with Gasteiger partial charge in [0.2, 0.25) is 0 Å². The molecule has 0 spiro atoms. The van der Waals surface area contributed by atoms with Gasteiger partial charge in [-0.2, -0.15) is 0 Å². The molecule has 0 aliphatic heterocycles. The SMILES string of the molecule is COC(=O)c1cccc(S(F)(F)(F)(F)F)c1. The highest BCUT2D eigenvalue weighted by Crippen LogP contribution is 3.02. The minimum absolute atomic E-state index is 0.0768. The highest BCUT2D eigenvalue weighted by Gasteiger charge is 2.65. The van der Waals surface area contributed by atoms with Crippen molar-refractivity contribution in [2.45, 2.75) is 4.90 Å². The third-order valence-corrected chi connectivity index (χ3v) is 2.85. The highest BCUT2D eigenvalue weighted by atomic mass is 32.5. The van der Waals surface area contributed by atoms with Crippen LogP contribution in [0.3, 0.4) is 0 Å². The average molecular weight is 262 g/mol. The third-order valence-electron chi connectivity index (χ3n) is 1.70. The minimum atomic E-state index is -9.73. The first-order chi connectivity index (χ1) is 6.94. The fourth-order valence-corrected chi connectivity index (χ4v) is 1.67. The van der Waals surface area contributed by atoms with Crippen LogP contribution in [-0.4, -0.2) is 13.1 Å². The van der Waals surface area contributed by atoms with Crippen molar-refractivity contribution < 1.29 is 29.0 Å². The number of rotatable bonds is 2. The predicted octanol–water partition coefficient (Wildman–Crippen LogP) is 4.13. The minimum Gasteiger partial charge on any atom is -0.465 e. The number of halogens is 5. The van der Waals surface area contributed by atoms with E-state index in [9.17, 15) is 24.2 Å². The number of hydrogen-bond acceptors (Lipinski definition) is 2. The molecule has 1 rings (SSSR count). The van der Waals surface area contributed by atoms with E-state index in [2.05, 4.69) is 4.74 Å². The number of benzene rings is 1. The van der Waals surface area contributed by atoms with Crippen LogP contribution in [0.1, 0.15) is 10.4 Å². The summed E-state index contributed by atoms with van der Waals surface area (Å²) < 4.78 is 65.8. The first kappa shape index (κ1) is 12.8. The molecule has 0 radical (unpaired) electrons. The van der Waals surface area contributed by atoms with Crippen molar-refractivity contribution in [3.63, 3.8) is 0 Å². The summed E-state index contributed by atoms with van der Waals surface area (Å²) in [5.41, 5.74) is -0.576. The fraction of sp³-hybridized carbons (Fsp3) is 0.125. The van der Waals surface area contributed by atoms with Gasteiger partial charge in [-0.3, -0.25) is 0 Å². The van der Waals surface area contributed by atoms with Crippen LogP contribution in [0.2, 0.25) is 0 Å². The molecule has 0 saturated carbocycles. The van der Waals surface area contributed by atoms with E-state index in [0.29, 0.717) is 0 Å². The maximum atomic E-state index is 12.3. The summed E-state index contributed by atoms with van der Waals surface area (Å²) in [6.45, 7) is 0. The van der Waals surface area contributed by atoms with Crippen LogP contribution in [-0.2, 0) is 4.74 Å². The van der Waals surface area contributed by atoms with E-state index in [0.717, 1.165) is 19.2 Å². The Morgan fingerprint density at radius 2 is 1.75 bits per heavy atom. The van der Waals surface area contributed by atoms with Crippen molar-refractivity contribution in [2.24, 2.45) is 0 Å². The molecule has 1 aromatic rings. The normalized spacial score (nSPS) is 16.1. The van der Waals surface area contributed by atoms with E-state index in [1.165, 1.54) is 0 Å². The molecule has 0 aromatic heterocycles. The lowest BCUT2D eigenvalue weighted by molar-refractivity contribution is 0.0600. The van der Waals surface area contributed by atoms with Crippen molar-refractivity contribution in [3.05, 3.63) is 29.8 Å². The predicted molar refractivity (Wildman–Crippen MR) is 49.2 cm³/mol. The van der Waals surface area contributed by atoms with Crippen molar-refractivity contribution in [1.29, 1.82) is 0 Å². The van der Waals surface area contributed by atoms with Crippen LogP contribution >= 0.6 is 10.2 Å². The van der Waals surface area contributed by atoms with E-state index < -0.39 is 26.7 Å². The summed E-state index contributed by atoms with van der Waals surface area (Å²) in [5, 5.41) is 0. The highest BCUT2D eigenvalue weighted by molar-refractivity contribution is 8.45. The van der Waals surface area contributed by atoms with Crippen molar-refractivity contribution >= 4 is 16.2 Å². The largest absolute Gasteiger partial charge is 0.465 e. The van der Waals surface area contributed by atoms with Crippen LogP contribution < -0.4 is 0 Å². The van der Waals surface area contributed by atoms with Crippen LogP contribution in [0.5, 0.6) is 0 Å². The lowest BCUT2D eigenvalue weighted by Gasteiger charge is -2.40. The molecule has 0 unspecified atom stereocenters. The van der Waals surface area contributed by atoms with Crippen LogP contribution in [0, 0.1) is 0 Å². The molecule has 2 nitrogen and oxygen atoms in total. The van der Waals surface area contributed by atoms with Gasteiger partial charge in [-0.1, -0.05) is 25.5 Å². The van der Waals surface area contributed by atoms with Crippen molar-refractivity contribution in [2.75, 3.05) is 7.11 Å². The second-order valence-electron chi connectivity index (χ2n) is 2.99.